The molecule has 0 saturated heterocycles. The molecule has 0 unspecified atom stereocenters. The van der Waals surface area contributed by atoms with E-state index < -0.39 is 0 Å². The van der Waals surface area contributed by atoms with Gasteiger partial charge in [-0.3, -0.25) is 0 Å². The average molecular weight is 330 g/mol. The Morgan fingerprint density at radius 3 is 2.28 bits per heavy atom. The summed E-state index contributed by atoms with van der Waals surface area (Å²) >= 11 is 0. The molecule has 3 rings (SSSR count). The zero-order chi connectivity index (χ0) is 17.8. The van der Waals surface area contributed by atoms with E-state index in [1.54, 1.807) is 30.5 Å². The fraction of sp³-hybridized carbons (Fsp3) is 0.158. The molecule has 124 valence electrons. The topological polar surface area (TPSA) is 86.5 Å². The largest absolute Gasteiger partial charge is 0.338 e. The van der Waals surface area contributed by atoms with Gasteiger partial charge in [-0.25, -0.2) is 0 Å². The van der Waals surface area contributed by atoms with E-state index >= 15 is 0 Å². The molecule has 0 aliphatic heterocycles. The van der Waals surface area contributed by atoms with Crippen molar-refractivity contribution in [3.05, 3.63) is 64.8 Å². The lowest BCUT2D eigenvalue weighted by molar-refractivity contribution is 0.981. The Kier molecular flexibility index (Phi) is 4.57. The molecule has 6 nitrogen and oxygen atoms in total. The van der Waals surface area contributed by atoms with Gasteiger partial charge >= 0.3 is 0 Å². The molecule has 2 aromatic carbocycles. The van der Waals surface area contributed by atoms with E-state index in [1.807, 2.05) is 0 Å². The monoisotopic (exact) mass is 330 g/mol. The van der Waals surface area contributed by atoms with Crippen LogP contribution in [-0.4, -0.2) is 15.2 Å². The molecule has 6 heteroatoms. The molecule has 0 amide bonds. The van der Waals surface area contributed by atoms with Gasteiger partial charge in [0.2, 0.25) is 5.95 Å². The van der Waals surface area contributed by atoms with Gasteiger partial charge in [0.05, 0.1) is 17.8 Å². The molecule has 0 bridgehead atoms. The SMILES string of the molecule is Cc1cc(C)c(Nc2cnnc(Nc3ccc(C#N)cc3)n2)c(C)c1. The Balaban J connectivity index is 1.81. The molecule has 0 radical (unpaired) electrons. The van der Waals surface area contributed by atoms with Crippen molar-refractivity contribution in [1.82, 2.24) is 15.2 Å². The van der Waals surface area contributed by atoms with Crippen LogP contribution in [0.5, 0.6) is 0 Å². The molecule has 25 heavy (non-hydrogen) atoms. The van der Waals surface area contributed by atoms with Crippen molar-refractivity contribution < 1.29 is 0 Å². The van der Waals surface area contributed by atoms with Crippen molar-refractivity contribution in [2.45, 2.75) is 20.8 Å². The molecule has 0 spiro atoms. The summed E-state index contributed by atoms with van der Waals surface area (Å²) in [6.07, 6.45) is 1.59. The quantitative estimate of drug-likeness (QED) is 0.747. The van der Waals surface area contributed by atoms with E-state index in [1.165, 1.54) is 5.56 Å². The second kappa shape index (κ2) is 6.97. The summed E-state index contributed by atoms with van der Waals surface area (Å²) < 4.78 is 0. The van der Waals surface area contributed by atoms with E-state index in [2.05, 4.69) is 64.8 Å². The van der Waals surface area contributed by atoms with E-state index in [9.17, 15) is 0 Å². The lowest BCUT2D eigenvalue weighted by atomic mass is 10.1. The van der Waals surface area contributed by atoms with E-state index in [0.29, 0.717) is 17.3 Å². The Hall–Kier alpha value is -3.46. The number of aromatic nitrogens is 3. The Bertz CT molecular complexity index is 918. The molecule has 0 atom stereocenters. The summed E-state index contributed by atoms with van der Waals surface area (Å²) in [5.41, 5.74) is 5.95. The van der Waals surface area contributed by atoms with Crippen LogP contribution >= 0.6 is 0 Å². The first-order valence-corrected chi connectivity index (χ1v) is 7.87. The third-order valence-electron chi connectivity index (χ3n) is 3.76. The lowest BCUT2D eigenvalue weighted by Gasteiger charge is -2.13. The highest BCUT2D eigenvalue weighted by molar-refractivity contribution is 5.65. The predicted octanol–water partition coefficient (Wildman–Crippen LogP) is 4.16. The van der Waals surface area contributed by atoms with Crippen LogP contribution in [0.3, 0.4) is 0 Å². The van der Waals surface area contributed by atoms with Crippen LogP contribution in [0.2, 0.25) is 0 Å². The molecule has 1 heterocycles. The molecule has 0 aliphatic rings. The molecule has 2 N–H and O–H groups in total. The molecule has 0 aliphatic carbocycles. The minimum atomic E-state index is 0.386. The first-order chi connectivity index (χ1) is 12.0. The minimum Gasteiger partial charge on any atom is -0.338 e. The maximum absolute atomic E-state index is 8.84. The maximum atomic E-state index is 8.84. The molecular weight excluding hydrogens is 312 g/mol. The molecule has 0 fully saturated rings. The Morgan fingerprint density at radius 1 is 0.960 bits per heavy atom. The van der Waals surface area contributed by atoms with Gasteiger partial charge in [-0.1, -0.05) is 17.7 Å². The van der Waals surface area contributed by atoms with Gasteiger partial charge in [0.15, 0.2) is 5.82 Å². The van der Waals surface area contributed by atoms with Crippen LogP contribution in [0, 0.1) is 32.1 Å². The van der Waals surface area contributed by atoms with Gasteiger partial charge < -0.3 is 10.6 Å². The van der Waals surface area contributed by atoms with E-state index in [4.69, 9.17) is 5.26 Å². The molecule has 0 saturated carbocycles. The van der Waals surface area contributed by atoms with Gasteiger partial charge in [0.1, 0.15) is 0 Å². The zero-order valence-electron chi connectivity index (χ0n) is 14.3. The second-order valence-corrected chi connectivity index (χ2v) is 5.88. The number of nitrogens with zero attached hydrogens (tertiary/aromatic N) is 4. The third-order valence-corrected chi connectivity index (χ3v) is 3.76. The predicted molar refractivity (Wildman–Crippen MR) is 98.2 cm³/mol. The van der Waals surface area contributed by atoms with E-state index in [-0.39, 0.29) is 0 Å². The number of benzene rings is 2. The number of aryl methyl sites for hydroxylation is 3. The summed E-state index contributed by atoms with van der Waals surface area (Å²) in [4.78, 5) is 4.45. The summed E-state index contributed by atoms with van der Waals surface area (Å²) in [6.45, 7) is 6.20. The summed E-state index contributed by atoms with van der Waals surface area (Å²) in [6, 6.07) is 13.4. The fourth-order valence-electron chi connectivity index (χ4n) is 2.68. The van der Waals surface area contributed by atoms with E-state index in [0.717, 1.165) is 22.5 Å². The number of nitriles is 1. The van der Waals surface area contributed by atoms with Crippen LogP contribution in [0.15, 0.2) is 42.6 Å². The van der Waals surface area contributed by atoms with Gasteiger partial charge in [-0.05, 0) is 56.2 Å². The first kappa shape index (κ1) is 16.4. The molecular formula is C19H18N6. The Morgan fingerprint density at radius 2 is 1.64 bits per heavy atom. The Labute approximate surface area is 146 Å². The molecule has 3 aromatic rings. The summed E-state index contributed by atoms with van der Waals surface area (Å²) in [5.74, 6) is 0.998. The van der Waals surface area contributed by atoms with Crippen LogP contribution in [0.4, 0.5) is 23.1 Å². The highest BCUT2D eigenvalue weighted by Gasteiger charge is 2.07. The van der Waals surface area contributed by atoms with Crippen molar-refractivity contribution in [2.24, 2.45) is 0 Å². The van der Waals surface area contributed by atoms with Crippen LogP contribution in [-0.2, 0) is 0 Å². The van der Waals surface area contributed by atoms with Crippen LogP contribution in [0.1, 0.15) is 22.3 Å². The summed E-state index contributed by atoms with van der Waals surface area (Å²) in [5, 5.41) is 23.2. The van der Waals surface area contributed by atoms with Crippen molar-refractivity contribution in [2.75, 3.05) is 10.6 Å². The number of hydrogen-bond donors (Lipinski definition) is 2. The highest BCUT2D eigenvalue weighted by Crippen LogP contribution is 2.25. The normalized spacial score (nSPS) is 10.2. The minimum absolute atomic E-state index is 0.386. The van der Waals surface area contributed by atoms with Gasteiger partial charge in [0, 0.05) is 11.4 Å². The average Bonchev–Trinajstić information content (AvgIpc) is 2.59. The van der Waals surface area contributed by atoms with Crippen LogP contribution in [0.25, 0.3) is 0 Å². The number of hydrogen-bond acceptors (Lipinski definition) is 6. The van der Waals surface area contributed by atoms with Crippen LogP contribution < -0.4 is 10.6 Å². The lowest BCUT2D eigenvalue weighted by Crippen LogP contribution is -2.04. The van der Waals surface area contributed by atoms with Crippen molar-refractivity contribution in [1.29, 1.82) is 5.26 Å². The molecule has 1 aromatic heterocycles. The van der Waals surface area contributed by atoms with Gasteiger partial charge in [-0.15, -0.1) is 5.10 Å². The summed E-state index contributed by atoms with van der Waals surface area (Å²) in [7, 11) is 0. The van der Waals surface area contributed by atoms with Gasteiger partial charge in [-0.2, -0.15) is 15.3 Å². The standard InChI is InChI=1S/C19H18N6/c1-12-8-13(2)18(14(3)9-12)23-17-11-21-25-19(24-17)22-16-6-4-15(10-20)5-7-16/h4-9,11H,1-3H3,(H2,22,23,24,25). The smallest absolute Gasteiger partial charge is 0.249 e. The second-order valence-electron chi connectivity index (χ2n) is 5.88. The van der Waals surface area contributed by atoms with Gasteiger partial charge in [0.25, 0.3) is 0 Å². The van der Waals surface area contributed by atoms with Crippen molar-refractivity contribution in [3.63, 3.8) is 0 Å². The third kappa shape index (κ3) is 3.90. The highest BCUT2D eigenvalue weighted by atomic mass is 15.3. The number of rotatable bonds is 4. The number of anilines is 4. The maximum Gasteiger partial charge on any atom is 0.249 e. The fourth-order valence-corrected chi connectivity index (χ4v) is 2.68. The number of nitrogens with one attached hydrogen (secondary N) is 2. The van der Waals surface area contributed by atoms with Crippen molar-refractivity contribution in [3.8, 4) is 6.07 Å². The first-order valence-electron chi connectivity index (χ1n) is 7.87. The van der Waals surface area contributed by atoms with Crippen molar-refractivity contribution >= 4 is 23.1 Å². The zero-order valence-corrected chi connectivity index (χ0v) is 14.3.